The van der Waals surface area contributed by atoms with Crippen LogP contribution in [0.5, 0.6) is 0 Å². The van der Waals surface area contributed by atoms with E-state index in [1.54, 1.807) is 0 Å². The van der Waals surface area contributed by atoms with Crippen molar-refractivity contribution in [1.29, 1.82) is 0 Å². The number of benzene rings is 1. The molecule has 5 heteroatoms. The normalized spacial score (nSPS) is 11.5. The molecule has 0 fully saturated rings. The first-order valence-corrected chi connectivity index (χ1v) is 6.01. The monoisotopic (exact) mass is 260 g/mol. The quantitative estimate of drug-likeness (QED) is 0.918. The summed E-state index contributed by atoms with van der Waals surface area (Å²) >= 11 is 0. The molecule has 19 heavy (non-hydrogen) atoms. The molecule has 0 saturated carbocycles. The van der Waals surface area contributed by atoms with Gasteiger partial charge in [0.05, 0.1) is 0 Å². The molecule has 1 heterocycles. The minimum Gasteiger partial charge on any atom is -0.481 e. The summed E-state index contributed by atoms with van der Waals surface area (Å²) in [5.41, 5.74) is 2.08. The van der Waals surface area contributed by atoms with Crippen molar-refractivity contribution in [2.45, 2.75) is 32.6 Å². The van der Waals surface area contributed by atoms with Gasteiger partial charge in [-0.25, -0.2) is 0 Å². The highest BCUT2D eigenvalue weighted by Crippen LogP contribution is 2.25. The van der Waals surface area contributed by atoms with Gasteiger partial charge in [0.1, 0.15) is 6.42 Å². The topological polar surface area (TPSA) is 76.2 Å². The van der Waals surface area contributed by atoms with Gasteiger partial charge in [-0.15, -0.1) is 0 Å². The maximum Gasteiger partial charge on any atom is 0.311 e. The molecule has 2 rings (SSSR count). The largest absolute Gasteiger partial charge is 0.481 e. The van der Waals surface area contributed by atoms with Crippen LogP contribution in [-0.4, -0.2) is 21.2 Å². The molecule has 5 nitrogen and oxygen atoms in total. The van der Waals surface area contributed by atoms with E-state index in [0.29, 0.717) is 5.89 Å². The molecule has 0 bridgehead atoms. The molecule has 0 radical (unpaired) electrons. The Labute approximate surface area is 111 Å². The zero-order valence-corrected chi connectivity index (χ0v) is 11.2. The summed E-state index contributed by atoms with van der Waals surface area (Å²) in [5.74, 6) is -0.450. The van der Waals surface area contributed by atoms with Gasteiger partial charge >= 0.3 is 5.97 Å². The van der Waals surface area contributed by atoms with Gasteiger partial charge in [-0.05, 0) is 23.1 Å². The van der Waals surface area contributed by atoms with Gasteiger partial charge in [-0.2, -0.15) is 4.98 Å². The highest BCUT2D eigenvalue weighted by Gasteiger charge is 2.15. The molecule has 0 aliphatic heterocycles. The second-order valence-electron chi connectivity index (χ2n) is 5.41. The summed E-state index contributed by atoms with van der Waals surface area (Å²) in [7, 11) is 0. The van der Waals surface area contributed by atoms with Gasteiger partial charge in [0.25, 0.3) is 5.89 Å². The standard InChI is InChI=1S/C14H16N2O3/c1-14(2,3)10-6-4-9(5-7-10)13-15-11(16-19-13)8-12(17)18/h4-7H,8H2,1-3H3,(H,17,18). The Morgan fingerprint density at radius 1 is 1.26 bits per heavy atom. The van der Waals surface area contributed by atoms with Gasteiger partial charge in [-0.3, -0.25) is 4.79 Å². The molecule has 0 saturated heterocycles. The fourth-order valence-corrected chi connectivity index (χ4v) is 1.69. The molecule has 2 aromatic rings. The number of rotatable bonds is 3. The molecular formula is C14H16N2O3. The summed E-state index contributed by atoms with van der Waals surface area (Å²) in [5, 5.41) is 12.3. The molecule has 0 aliphatic rings. The average Bonchev–Trinajstić information content (AvgIpc) is 2.75. The highest BCUT2D eigenvalue weighted by atomic mass is 16.5. The van der Waals surface area contributed by atoms with Crippen LogP contribution in [0.15, 0.2) is 28.8 Å². The molecule has 1 aromatic heterocycles. The van der Waals surface area contributed by atoms with E-state index >= 15 is 0 Å². The number of aromatic nitrogens is 2. The Bertz CT molecular complexity index is 579. The van der Waals surface area contributed by atoms with Crippen LogP contribution < -0.4 is 0 Å². The summed E-state index contributed by atoms with van der Waals surface area (Å²) in [6.07, 6.45) is -0.233. The van der Waals surface area contributed by atoms with Gasteiger partial charge in [-0.1, -0.05) is 38.1 Å². The molecular weight excluding hydrogens is 244 g/mol. The predicted molar refractivity (Wildman–Crippen MR) is 69.8 cm³/mol. The third-order valence-electron chi connectivity index (χ3n) is 2.78. The molecule has 0 spiro atoms. The minimum absolute atomic E-state index is 0.0852. The molecule has 100 valence electrons. The lowest BCUT2D eigenvalue weighted by Gasteiger charge is -2.18. The van der Waals surface area contributed by atoms with Crippen molar-refractivity contribution >= 4 is 5.97 Å². The first-order valence-electron chi connectivity index (χ1n) is 6.01. The summed E-state index contributed by atoms with van der Waals surface area (Å²) in [6, 6.07) is 7.82. The number of carbonyl (C=O) groups is 1. The fraction of sp³-hybridized carbons (Fsp3) is 0.357. The third kappa shape index (κ3) is 3.19. The van der Waals surface area contributed by atoms with E-state index in [4.69, 9.17) is 9.63 Å². The maximum atomic E-state index is 10.5. The van der Waals surface area contributed by atoms with E-state index in [9.17, 15) is 4.79 Å². The van der Waals surface area contributed by atoms with E-state index in [1.807, 2.05) is 24.3 Å². The van der Waals surface area contributed by atoms with Crippen molar-refractivity contribution in [2.24, 2.45) is 0 Å². The number of hydrogen-bond acceptors (Lipinski definition) is 4. The fourth-order valence-electron chi connectivity index (χ4n) is 1.69. The first kappa shape index (κ1) is 13.3. The van der Waals surface area contributed by atoms with Crippen LogP contribution in [0.25, 0.3) is 11.5 Å². The van der Waals surface area contributed by atoms with E-state index in [-0.39, 0.29) is 17.7 Å². The Morgan fingerprint density at radius 2 is 1.89 bits per heavy atom. The van der Waals surface area contributed by atoms with E-state index in [2.05, 4.69) is 30.9 Å². The summed E-state index contributed by atoms with van der Waals surface area (Å²) < 4.78 is 5.05. The van der Waals surface area contributed by atoms with Crippen molar-refractivity contribution in [1.82, 2.24) is 10.1 Å². The highest BCUT2D eigenvalue weighted by molar-refractivity contribution is 5.69. The second kappa shape index (κ2) is 4.84. The molecule has 0 unspecified atom stereocenters. The second-order valence-corrected chi connectivity index (χ2v) is 5.41. The SMILES string of the molecule is CC(C)(C)c1ccc(-c2nc(CC(=O)O)no2)cc1. The van der Waals surface area contributed by atoms with Gasteiger partial charge in [0.2, 0.25) is 0 Å². The Hall–Kier alpha value is -2.17. The lowest BCUT2D eigenvalue weighted by Crippen LogP contribution is -2.10. The molecule has 0 aliphatic carbocycles. The Morgan fingerprint density at radius 3 is 2.42 bits per heavy atom. The number of carboxylic acid groups (broad SMARTS) is 1. The van der Waals surface area contributed by atoms with Crippen molar-refractivity contribution in [3.8, 4) is 11.5 Å². The first-order chi connectivity index (χ1) is 8.86. The minimum atomic E-state index is -0.976. The molecule has 1 aromatic carbocycles. The van der Waals surface area contributed by atoms with Crippen LogP contribution in [0.4, 0.5) is 0 Å². The molecule has 1 N–H and O–H groups in total. The number of nitrogens with zero attached hydrogens (tertiary/aromatic N) is 2. The lowest BCUT2D eigenvalue weighted by atomic mass is 9.87. The van der Waals surface area contributed by atoms with Crippen LogP contribution in [-0.2, 0) is 16.6 Å². The molecule has 0 amide bonds. The van der Waals surface area contributed by atoms with E-state index in [1.165, 1.54) is 5.56 Å². The van der Waals surface area contributed by atoms with Crippen LogP contribution in [0.1, 0.15) is 32.2 Å². The maximum absolute atomic E-state index is 10.5. The number of aliphatic carboxylic acids is 1. The number of hydrogen-bond donors (Lipinski definition) is 1. The van der Waals surface area contributed by atoms with Crippen molar-refractivity contribution in [3.63, 3.8) is 0 Å². The zero-order chi connectivity index (χ0) is 14.0. The number of carboxylic acids is 1. The summed E-state index contributed by atoms with van der Waals surface area (Å²) in [4.78, 5) is 14.6. The van der Waals surface area contributed by atoms with Crippen molar-refractivity contribution < 1.29 is 14.4 Å². The smallest absolute Gasteiger partial charge is 0.311 e. The summed E-state index contributed by atoms with van der Waals surface area (Å²) in [6.45, 7) is 6.42. The lowest BCUT2D eigenvalue weighted by molar-refractivity contribution is -0.136. The third-order valence-corrected chi connectivity index (χ3v) is 2.78. The Balaban J connectivity index is 2.23. The molecule has 0 atom stereocenters. The van der Waals surface area contributed by atoms with Crippen LogP contribution >= 0.6 is 0 Å². The zero-order valence-electron chi connectivity index (χ0n) is 11.2. The Kier molecular flexibility index (Phi) is 3.38. The van der Waals surface area contributed by atoms with Crippen LogP contribution in [0.3, 0.4) is 0 Å². The predicted octanol–water partition coefficient (Wildman–Crippen LogP) is 2.66. The van der Waals surface area contributed by atoms with Crippen molar-refractivity contribution in [2.75, 3.05) is 0 Å². The van der Waals surface area contributed by atoms with Gasteiger partial charge in [0.15, 0.2) is 5.82 Å². The van der Waals surface area contributed by atoms with Gasteiger partial charge in [0, 0.05) is 5.56 Å². The van der Waals surface area contributed by atoms with Crippen LogP contribution in [0, 0.1) is 0 Å². The van der Waals surface area contributed by atoms with E-state index in [0.717, 1.165) is 5.56 Å². The van der Waals surface area contributed by atoms with E-state index < -0.39 is 5.97 Å². The van der Waals surface area contributed by atoms with Crippen LogP contribution in [0.2, 0.25) is 0 Å². The average molecular weight is 260 g/mol. The van der Waals surface area contributed by atoms with Gasteiger partial charge < -0.3 is 9.63 Å². The van der Waals surface area contributed by atoms with Crippen molar-refractivity contribution in [3.05, 3.63) is 35.7 Å².